The van der Waals surface area contributed by atoms with Crippen molar-refractivity contribution in [3.05, 3.63) is 29.8 Å². The molecule has 0 spiro atoms. The van der Waals surface area contributed by atoms with Crippen molar-refractivity contribution in [2.75, 3.05) is 20.3 Å². The average molecular weight is 237 g/mol. The Morgan fingerprint density at radius 2 is 1.94 bits per heavy atom. The minimum atomic E-state index is 0.251. The Balaban J connectivity index is 2.59. The second-order valence-electron chi connectivity index (χ2n) is 4.19. The Labute approximate surface area is 104 Å². The molecule has 0 amide bonds. The van der Waals surface area contributed by atoms with E-state index in [4.69, 9.17) is 9.47 Å². The monoisotopic (exact) mass is 237 g/mol. The fourth-order valence-electron chi connectivity index (χ4n) is 1.88. The van der Waals surface area contributed by atoms with E-state index in [0.717, 1.165) is 19.0 Å². The number of hydrogen-bond acceptors (Lipinski definition) is 3. The Bertz CT molecular complexity index is 328. The van der Waals surface area contributed by atoms with Crippen molar-refractivity contribution in [2.24, 2.45) is 0 Å². The number of ether oxygens (including phenoxy) is 2. The fourth-order valence-corrected chi connectivity index (χ4v) is 1.88. The first-order chi connectivity index (χ1) is 8.19. The number of nitrogens with one attached hydrogen (secondary N) is 1. The van der Waals surface area contributed by atoms with E-state index < -0.39 is 0 Å². The molecule has 1 aromatic carbocycles. The molecule has 0 aliphatic heterocycles. The second-order valence-corrected chi connectivity index (χ2v) is 4.19. The lowest BCUT2D eigenvalue weighted by Gasteiger charge is -2.21. The molecule has 3 heteroatoms. The Morgan fingerprint density at radius 1 is 1.24 bits per heavy atom. The van der Waals surface area contributed by atoms with Crippen molar-refractivity contribution in [1.82, 2.24) is 5.32 Å². The van der Waals surface area contributed by atoms with Crippen LogP contribution in [0.1, 0.15) is 32.4 Å². The molecule has 0 bridgehead atoms. The van der Waals surface area contributed by atoms with Crippen molar-refractivity contribution in [2.45, 2.75) is 32.9 Å². The van der Waals surface area contributed by atoms with E-state index in [9.17, 15) is 0 Å². The predicted molar refractivity (Wildman–Crippen MR) is 70.5 cm³/mol. The van der Waals surface area contributed by atoms with Crippen molar-refractivity contribution < 1.29 is 9.47 Å². The van der Waals surface area contributed by atoms with Gasteiger partial charge in [-0.2, -0.15) is 0 Å². The standard InChI is InChI=1S/C14H23NO2/c1-5-17-10-11(2)15-12(3)13-8-6-7-9-14(13)16-4/h6-9,11-12,15H,5,10H2,1-4H3/t11?,12-/m1/s1. The highest BCUT2D eigenvalue weighted by atomic mass is 16.5. The lowest BCUT2D eigenvalue weighted by atomic mass is 10.1. The molecule has 2 atom stereocenters. The van der Waals surface area contributed by atoms with Crippen molar-refractivity contribution in [3.8, 4) is 5.75 Å². The summed E-state index contributed by atoms with van der Waals surface area (Å²) in [5.74, 6) is 0.927. The zero-order valence-electron chi connectivity index (χ0n) is 11.2. The summed E-state index contributed by atoms with van der Waals surface area (Å²) in [6.45, 7) is 7.77. The fraction of sp³-hybridized carbons (Fsp3) is 0.571. The average Bonchev–Trinajstić information content (AvgIpc) is 2.36. The van der Waals surface area contributed by atoms with Crippen LogP contribution in [0.15, 0.2) is 24.3 Å². The van der Waals surface area contributed by atoms with Crippen molar-refractivity contribution in [3.63, 3.8) is 0 Å². The molecule has 0 fully saturated rings. The predicted octanol–water partition coefficient (Wildman–Crippen LogP) is 2.77. The smallest absolute Gasteiger partial charge is 0.123 e. The first-order valence-corrected chi connectivity index (χ1v) is 6.15. The van der Waals surface area contributed by atoms with Crippen LogP contribution in [0.3, 0.4) is 0 Å². The van der Waals surface area contributed by atoms with Gasteiger partial charge in [0.1, 0.15) is 5.75 Å². The van der Waals surface area contributed by atoms with E-state index in [1.807, 2.05) is 25.1 Å². The summed E-state index contributed by atoms with van der Waals surface area (Å²) in [5, 5.41) is 3.50. The summed E-state index contributed by atoms with van der Waals surface area (Å²) < 4.78 is 10.8. The van der Waals surface area contributed by atoms with E-state index in [1.165, 1.54) is 5.56 Å². The zero-order chi connectivity index (χ0) is 12.7. The SMILES string of the molecule is CCOCC(C)N[C@H](C)c1ccccc1OC. The first-order valence-electron chi connectivity index (χ1n) is 6.15. The van der Waals surface area contributed by atoms with Gasteiger partial charge in [0.15, 0.2) is 0 Å². The molecular weight excluding hydrogens is 214 g/mol. The molecule has 1 unspecified atom stereocenters. The van der Waals surface area contributed by atoms with Crippen molar-refractivity contribution >= 4 is 0 Å². The van der Waals surface area contributed by atoms with Crippen LogP contribution in [0.4, 0.5) is 0 Å². The van der Waals surface area contributed by atoms with Crippen LogP contribution in [0, 0.1) is 0 Å². The second kappa shape index (κ2) is 7.30. The van der Waals surface area contributed by atoms with E-state index in [1.54, 1.807) is 7.11 Å². The van der Waals surface area contributed by atoms with Crippen LogP contribution < -0.4 is 10.1 Å². The van der Waals surface area contributed by atoms with Gasteiger partial charge < -0.3 is 14.8 Å². The van der Waals surface area contributed by atoms with Gasteiger partial charge in [0, 0.05) is 24.3 Å². The quantitative estimate of drug-likeness (QED) is 0.791. The minimum absolute atomic E-state index is 0.251. The van der Waals surface area contributed by atoms with Gasteiger partial charge in [0.05, 0.1) is 13.7 Å². The number of para-hydroxylation sites is 1. The van der Waals surface area contributed by atoms with Gasteiger partial charge in [-0.1, -0.05) is 18.2 Å². The number of hydrogen-bond donors (Lipinski definition) is 1. The molecule has 1 rings (SSSR count). The van der Waals surface area contributed by atoms with Gasteiger partial charge in [-0.15, -0.1) is 0 Å². The number of benzene rings is 1. The van der Waals surface area contributed by atoms with Crippen LogP contribution in [-0.2, 0) is 4.74 Å². The molecule has 0 aromatic heterocycles. The highest BCUT2D eigenvalue weighted by Gasteiger charge is 2.12. The third kappa shape index (κ3) is 4.36. The summed E-state index contributed by atoms with van der Waals surface area (Å²) >= 11 is 0. The largest absolute Gasteiger partial charge is 0.496 e. The Kier molecular flexibility index (Phi) is 6.01. The van der Waals surface area contributed by atoms with Gasteiger partial charge in [0.2, 0.25) is 0 Å². The lowest BCUT2D eigenvalue weighted by Crippen LogP contribution is -2.33. The van der Waals surface area contributed by atoms with E-state index >= 15 is 0 Å². The van der Waals surface area contributed by atoms with Gasteiger partial charge in [-0.25, -0.2) is 0 Å². The highest BCUT2D eigenvalue weighted by Crippen LogP contribution is 2.24. The molecule has 96 valence electrons. The van der Waals surface area contributed by atoms with E-state index in [0.29, 0.717) is 6.04 Å². The molecule has 0 aliphatic carbocycles. The summed E-state index contributed by atoms with van der Waals surface area (Å²) in [5.41, 5.74) is 1.18. The van der Waals surface area contributed by atoms with Crippen LogP contribution in [-0.4, -0.2) is 26.4 Å². The van der Waals surface area contributed by atoms with Crippen LogP contribution in [0.25, 0.3) is 0 Å². The number of methoxy groups -OCH3 is 1. The molecule has 17 heavy (non-hydrogen) atoms. The number of rotatable bonds is 7. The maximum absolute atomic E-state index is 5.39. The maximum atomic E-state index is 5.39. The lowest BCUT2D eigenvalue weighted by molar-refractivity contribution is 0.124. The summed E-state index contributed by atoms with van der Waals surface area (Å²) in [6.07, 6.45) is 0. The summed E-state index contributed by atoms with van der Waals surface area (Å²) in [7, 11) is 1.70. The van der Waals surface area contributed by atoms with Gasteiger partial charge in [0.25, 0.3) is 0 Å². The van der Waals surface area contributed by atoms with Gasteiger partial charge in [-0.05, 0) is 26.8 Å². The van der Waals surface area contributed by atoms with E-state index in [2.05, 4.69) is 25.2 Å². The normalized spacial score (nSPS) is 14.4. The molecule has 3 nitrogen and oxygen atoms in total. The van der Waals surface area contributed by atoms with Crippen LogP contribution in [0.2, 0.25) is 0 Å². The summed E-state index contributed by atoms with van der Waals surface area (Å²) in [4.78, 5) is 0. The van der Waals surface area contributed by atoms with E-state index in [-0.39, 0.29) is 6.04 Å². The molecule has 1 N–H and O–H groups in total. The van der Waals surface area contributed by atoms with Crippen LogP contribution in [0.5, 0.6) is 5.75 Å². The molecular formula is C14H23NO2. The minimum Gasteiger partial charge on any atom is -0.496 e. The molecule has 0 heterocycles. The third-order valence-electron chi connectivity index (χ3n) is 2.71. The Hall–Kier alpha value is -1.06. The van der Waals surface area contributed by atoms with Gasteiger partial charge >= 0.3 is 0 Å². The molecule has 0 radical (unpaired) electrons. The first kappa shape index (κ1) is 14.0. The van der Waals surface area contributed by atoms with Gasteiger partial charge in [-0.3, -0.25) is 0 Å². The molecule has 1 aromatic rings. The molecule has 0 aliphatic rings. The molecule has 0 saturated carbocycles. The molecule has 0 saturated heterocycles. The van der Waals surface area contributed by atoms with Crippen molar-refractivity contribution in [1.29, 1.82) is 0 Å². The zero-order valence-corrected chi connectivity index (χ0v) is 11.2. The third-order valence-corrected chi connectivity index (χ3v) is 2.71. The van der Waals surface area contributed by atoms with Crippen LogP contribution >= 0.6 is 0 Å². The summed E-state index contributed by atoms with van der Waals surface area (Å²) in [6, 6.07) is 8.67. The topological polar surface area (TPSA) is 30.5 Å². The maximum Gasteiger partial charge on any atom is 0.123 e. The highest BCUT2D eigenvalue weighted by molar-refractivity contribution is 5.35. The Morgan fingerprint density at radius 3 is 2.59 bits per heavy atom.